The van der Waals surface area contributed by atoms with Crippen LogP contribution in [0.2, 0.25) is 0 Å². The summed E-state index contributed by atoms with van der Waals surface area (Å²) in [4.78, 5) is 11.1. The molecule has 3 heterocycles. The van der Waals surface area contributed by atoms with Crippen molar-refractivity contribution in [3.05, 3.63) is 41.9 Å². The number of aliphatic hydroxyl groups is 1. The Morgan fingerprint density at radius 3 is 2.96 bits per heavy atom. The molecule has 2 atom stereocenters. The van der Waals surface area contributed by atoms with Crippen molar-refractivity contribution in [3.63, 3.8) is 0 Å². The average molecular weight is 367 g/mol. The van der Waals surface area contributed by atoms with Gasteiger partial charge in [0.05, 0.1) is 23.5 Å². The number of fused-ring (bicyclic) bond motifs is 1. The monoisotopic (exact) mass is 367 g/mol. The molecular weight excluding hydrogens is 342 g/mol. The molecule has 1 aromatic carbocycles. The zero-order valence-electron chi connectivity index (χ0n) is 15.5. The van der Waals surface area contributed by atoms with Crippen LogP contribution >= 0.6 is 0 Å². The Hall–Kier alpha value is -2.38. The van der Waals surface area contributed by atoms with Gasteiger partial charge in [0.1, 0.15) is 23.5 Å². The predicted octanol–water partition coefficient (Wildman–Crippen LogP) is 2.39. The maximum atomic E-state index is 9.96. The highest BCUT2D eigenvalue weighted by Gasteiger charge is 2.40. The van der Waals surface area contributed by atoms with E-state index in [0.717, 1.165) is 60.7 Å². The maximum absolute atomic E-state index is 9.96. The predicted molar refractivity (Wildman–Crippen MR) is 103 cm³/mol. The zero-order valence-corrected chi connectivity index (χ0v) is 15.5. The number of benzene rings is 1. The van der Waals surface area contributed by atoms with Gasteiger partial charge in [-0.15, -0.1) is 0 Å². The van der Waals surface area contributed by atoms with Crippen LogP contribution in [0.3, 0.4) is 0 Å². The highest BCUT2D eigenvalue weighted by molar-refractivity contribution is 5.61. The van der Waals surface area contributed by atoms with E-state index in [9.17, 15) is 5.11 Å². The van der Waals surface area contributed by atoms with Gasteiger partial charge in [0.15, 0.2) is 0 Å². The largest absolute Gasteiger partial charge is 0.488 e. The number of hydrogen-bond donors (Lipinski definition) is 3. The minimum absolute atomic E-state index is 0.000376. The van der Waals surface area contributed by atoms with E-state index in [4.69, 9.17) is 4.74 Å². The lowest BCUT2D eigenvalue weighted by molar-refractivity contribution is 0.154. The third-order valence-electron chi connectivity index (χ3n) is 5.69. The number of nitrogens with one attached hydrogen (secondary N) is 2. The molecule has 0 amide bonds. The molecule has 5 rings (SSSR count). The number of hydrazine groups is 1. The van der Waals surface area contributed by atoms with Crippen LogP contribution in [0, 0.1) is 0 Å². The molecule has 27 heavy (non-hydrogen) atoms. The second kappa shape index (κ2) is 6.35. The van der Waals surface area contributed by atoms with E-state index >= 15 is 0 Å². The zero-order chi connectivity index (χ0) is 18.4. The first-order valence-corrected chi connectivity index (χ1v) is 9.69. The summed E-state index contributed by atoms with van der Waals surface area (Å²) < 4.78 is 6.13. The molecule has 142 valence electrons. The van der Waals surface area contributed by atoms with E-state index in [0.29, 0.717) is 6.54 Å². The quantitative estimate of drug-likeness (QED) is 0.765. The van der Waals surface area contributed by atoms with Crippen molar-refractivity contribution in [2.45, 2.75) is 50.4 Å². The highest BCUT2D eigenvalue weighted by atomic mass is 16.5. The lowest BCUT2D eigenvalue weighted by atomic mass is 10.0. The normalized spacial score (nSPS) is 25.6. The van der Waals surface area contributed by atoms with E-state index < -0.39 is 0 Å². The van der Waals surface area contributed by atoms with Crippen molar-refractivity contribution >= 4 is 11.5 Å². The Kier molecular flexibility index (Phi) is 3.94. The molecule has 1 saturated carbocycles. The summed E-state index contributed by atoms with van der Waals surface area (Å²) in [5.41, 5.74) is 9.63. The van der Waals surface area contributed by atoms with Gasteiger partial charge in [-0.2, -0.15) is 0 Å². The van der Waals surface area contributed by atoms with Gasteiger partial charge >= 0.3 is 0 Å². The number of nitrogens with zero attached hydrogens (tertiary/aromatic N) is 3. The fourth-order valence-electron chi connectivity index (χ4n) is 3.84. The van der Waals surface area contributed by atoms with Gasteiger partial charge < -0.3 is 20.2 Å². The Labute approximate surface area is 158 Å². The van der Waals surface area contributed by atoms with Crippen LogP contribution in [0.4, 0.5) is 11.5 Å². The van der Waals surface area contributed by atoms with Gasteiger partial charge in [-0.1, -0.05) is 0 Å². The van der Waals surface area contributed by atoms with Crippen LogP contribution in [-0.4, -0.2) is 39.9 Å². The van der Waals surface area contributed by atoms with Crippen molar-refractivity contribution in [3.8, 4) is 5.75 Å². The number of hydrogen-bond acceptors (Lipinski definition) is 7. The third-order valence-corrected chi connectivity index (χ3v) is 5.69. The van der Waals surface area contributed by atoms with Gasteiger partial charge in [-0.05, 0) is 50.8 Å². The number of piperidine rings is 1. The molecule has 1 aromatic heterocycles. The Morgan fingerprint density at radius 1 is 1.26 bits per heavy atom. The first-order chi connectivity index (χ1) is 13.1. The standard InChI is InChI=1S/C20H25N5O2/c1-20(6-7-20)27-14-4-5-16-15(9-14)19(24-23-16)17-10-18(22-12-21-17)25-8-2-3-13(26)11-25/h4-5,9-10,12-13,19,23-24,26H,2-3,6-8,11H2,1H3/t13-,19-/m1/s1. The van der Waals surface area contributed by atoms with Crippen molar-refractivity contribution in [2.24, 2.45) is 0 Å². The second-order valence-electron chi connectivity index (χ2n) is 8.05. The smallest absolute Gasteiger partial charge is 0.132 e. The SMILES string of the molecule is CC1(Oc2ccc3c(c2)[C@H](c2cc(N4CCC[C@@H](O)C4)ncn2)NN3)CC1. The van der Waals surface area contributed by atoms with Crippen LogP contribution in [0.5, 0.6) is 5.75 Å². The molecule has 3 aliphatic rings. The molecule has 0 bridgehead atoms. The number of aromatic nitrogens is 2. The number of aliphatic hydroxyl groups excluding tert-OH is 1. The molecule has 2 fully saturated rings. The van der Waals surface area contributed by atoms with Gasteiger partial charge in [-0.25, -0.2) is 15.4 Å². The summed E-state index contributed by atoms with van der Waals surface area (Å²) in [5.74, 6) is 1.77. The lowest BCUT2D eigenvalue weighted by Crippen LogP contribution is -2.38. The van der Waals surface area contributed by atoms with Crippen LogP contribution in [0.1, 0.15) is 49.9 Å². The number of rotatable bonds is 4. The second-order valence-corrected chi connectivity index (χ2v) is 8.05. The summed E-state index contributed by atoms with van der Waals surface area (Å²) in [6.45, 7) is 3.69. The molecule has 2 aliphatic heterocycles. The Bertz CT molecular complexity index is 854. The first-order valence-electron chi connectivity index (χ1n) is 9.69. The first kappa shape index (κ1) is 16.8. The third kappa shape index (κ3) is 3.33. The number of anilines is 2. The molecule has 1 saturated heterocycles. The molecule has 2 aromatic rings. The minimum atomic E-state index is -0.285. The van der Waals surface area contributed by atoms with Crippen LogP contribution < -0.4 is 20.5 Å². The molecule has 7 nitrogen and oxygen atoms in total. The molecule has 3 N–H and O–H groups in total. The van der Waals surface area contributed by atoms with Crippen molar-refractivity contribution in [1.82, 2.24) is 15.4 Å². The van der Waals surface area contributed by atoms with Gasteiger partial charge in [0.2, 0.25) is 0 Å². The van der Waals surface area contributed by atoms with E-state index in [-0.39, 0.29) is 17.7 Å². The number of β-amino-alcohol motifs (C(OH)–C–C–N with tert-alkyl or cyclic N) is 1. The lowest BCUT2D eigenvalue weighted by Gasteiger charge is -2.31. The van der Waals surface area contributed by atoms with Gasteiger partial charge in [0, 0.05) is 24.7 Å². The summed E-state index contributed by atoms with van der Waals surface area (Å²) in [6.07, 6.45) is 5.38. The van der Waals surface area contributed by atoms with E-state index in [1.807, 2.05) is 18.2 Å². The Morgan fingerprint density at radius 2 is 2.15 bits per heavy atom. The summed E-state index contributed by atoms with van der Waals surface area (Å²) in [5, 5.41) is 9.96. The van der Waals surface area contributed by atoms with Crippen LogP contribution in [0.25, 0.3) is 0 Å². The summed E-state index contributed by atoms with van der Waals surface area (Å²) in [6, 6.07) is 8.12. The molecule has 0 spiro atoms. The van der Waals surface area contributed by atoms with E-state index in [1.54, 1.807) is 6.33 Å². The van der Waals surface area contributed by atoms with Crippen molar-refractivity contribution < 1.29 is 9.84 Å². The van der Waals surface area contributed by atoms with Crippen molar-refractivity contribution in [1.29, 1.82) is 0 Å². The Balaban J connectivity index is 1.41. The van der Waals surface area contributed by atoms with Crippen LogP contribution in [-0.2, 0) is 0 Å². The molecule has 0 unspecified atom stereocenters. The topological polar surface area (TPSA) is 82.5 Å². The molecule has 7 heteroatoms. The van der Waals surface area contributed by atoms with E-state index in [1.165, 1.54) is 0 Å². The summed E-state index contributed by atoms with van der Waals surface area (Å²) >= 11 is 0. The average Bonchev–Trinajstić information content (AvgIpc) is 3.25. The van der Waals surface area contributed by atoms with Gasteiger partial charge in [-0.3, -0.25) is 0 Å². The summed E-state index contributed by atoms with van der Waals surface area (Å²) in [7, 11) is 0. The van der Waals surface area contributed by atoms with Crippen LogP contribution in [0.15, 0.2) is 30.6 Å². The number of ether oxygens (including phenoxy) is 1. The highest BCUT2D eigenvalue weighted by Crippen LogP contribution is 2.42. The molecule has 1 aliphatic carbocycles. The van der Waals surface area contributed by atoms with Crippen molar-refractivity contribution in [2.75, 3.05) is 23.4 Å². The maximum Gasteiger partial charge on any atom is 0.132 e. The minimum Gasteiger partial charge on any atom is -0.488 e. The fourth-order valence-corrected chi connectivity index (χ4v) is 3.84. The van der Waals surface area contributed by atoms with Gasteiger partial charge in [0.25, 0.3) is 0 Å². The molecule has 0 radical (unpaired) electrons. The van der Waals surface area contributed by atoms with E-state index in [2.05, 4.69) is 38.7 Å². The fraction of sp³-hybridized carbons (Fsp3) is 0.500. The molecular formula is C20H25N5O2.